The van der Waals surface area contributed by atoms with E-state index in [4.69, 9.17) is 4.74 Å². The smallest absolute Gasteiger partial charge is 0.322 e. The van der Waals surface area contributed by atoms with Crippen LogP contribution in [0.1, 0.15) is 19.3 Å². The molecule has 4 amide bonds. The number of hydrogen-bond donors (Lipinski definition) is 3. The molecule has 2 heterocycles. The molecule has 2 rings (SSSR count). The molecule has 7 heteroatoms. The lowest BCUT2D eigenvalue weighted by molar-refractivity contribution is -0.130. The summed E-state index contributed by atoms with van der Waals surface area (Å²) in [6.07, 6.45) is 1.67. The third-order valence-electron chi connectivity index (χ3n) is 2.81. The van der Waals surface area contributed by atoms with Crippen molar-refractivity contribution in [3.05, 3.63) is 0 Å². The highest BCUT2D eigenvalue weighted by Crippen LogP contribution is 2.11. The Hall–Kier alpha value is -1.63. The number of carbonyl (C=O) groups excluding carboxylic acids is 3. The summed E-state index contributed by atoms with van der Waals surface area (Å²) in [6.45, 7) is 0.968. The summed E-state index contributed by atoms with van der Waals surface area (Å²) in [5.74, 6) is -0.492. The van der Waals surface area contributed by atoms with E-state index in [0.717, 1.165) is 12.8 Å². The summed E-state index contributed by atoms with van der Waals surface area (Å²) in [4.78, 5) is 33.5. The lowest BCUT2D eigenvalue weighted by Gasteiger charge is -2.11. The molecule has 0 aromatic rings. The van der Waals surface area contributed by atoms with E-state index in [-0.39, 0.29) is 17.9 Å². The summed E-state index contributed by atoms with van der Waals surface area (Å²) in [5.41, 5.74) is 0. The normalized spacial score (nSPS) is 27.8. The third-order valence-corrected chi connectivity index (χ3v) is 2.81. The van der Waals surface area contributed by atoms with Crippen molar-refractivity contribution in [2.45, 2.75) is 31.4 Å². The van der Waals surface area contributed by atoms with E-state index in [1.54, 1.807) is 0 Å². The molecule has 2 fully saturated rings. The van der Waals surface area contributed by atoms with Crippen molar-refractivity contribution in [3.8, 4) is 0 Å². The molecule has 7 nitrogen and oxygen atoms in total. The van der Waals surface area contributed by atoms with Crippen LogP contribution in [0.3, 0.4) is 0 Å². The fraction of sp³-hybridized carbons (Fsp3) is 0.700. The van der Waals surface area contributed by atoms with Crippen LogP contribution < -0.4 is 16.0 Å². The number of ether oxygens (including phenoxy) is 1. The van der Waals surface area contributed by atoms with E-state index in [1.165, 1.54) is 0 Å². The molecule has 2 unspecified atom stereocenters. The standard InChI is InChI=1S/C10H15N3O4/c14-8-6(12-10(16)13-8)3-4-11-9(15)7-2-1-5-17-7/h6-7H,1-5H2,(H,11,15)(H2,12,13,14,16). The van der Waals surface area contributed by atoms with E-state index in [9.17, 15) is 14.4 Å². The molecule has 0 saturated carbocycles. The Balaban J connectivity index is 1.67. The number of imide groups is 1. The highest BCUT2D eigenvalue weighted by atomic mass is 16.5. The van der Waals surface area contributed by atoms with Gasteiger partial charge in [-0.25, -0.2) is 4.79 Å². The second-order valence-electron chi connectivity index (χ2n) is 4.10. The first-order valence-electron chi connectivity index (χ1n) is 5.67. The van der Waals surface area contributed by atoms with Crippen LogP contribution in [0.4, 0.5) is 4.79 Å². The average Bonchev–Trinajstić information content (AvgIpc) is 2.89. The van der Waals surface area contributed by atoms with Gasteiger partial charge in [-0.3, -0.25) is 14.9 Å². The topological polar surface area (TPSA) is 96.5 Å². The maximum Gasteiger partial charge on any atom is 0.322 e. The van der Waals surface area contributed by atoms with Crippen LogP contribution in [0.2, 0.25) is 0 Å². The lowest BCUT2D eigenvalue weighted by Crippen LogP contribution is -2.38. The van der Waals surface area contributed by atoms with Crippen molar-refractivity contribution in [1.82, 2.24) is 16.0 Å². The second kappa shape index (κ2) is 5.13. The largest absolute Gasteiger partial charge is 0.368 e. The molecule has 0 aromatic carbocycles. The molecule has 0 radical (unpaired) electrons. The SMILES string of the molecule is O=C1NC(=O)C(CCNC(=O)C2CCCO2)N1. The van der Waals surface area contributed by atoms with E-state index < -0.39 is 12.1 Å². The molecule has 2 aliphatic heterocycles. The van der Waals surface area contributed by atoms with E-state index in [1.807, 2.05) is 0 Å². The summed E-state index contributed by atoms with van der Waals surface area (Å²) in [5, 5.41) is 7.29. The Morgan fingerprint density at radius 2 is 2.29 bits per heavy atom. The van der Waals surface area contributed by atoms with Gasteiger partial charge in [0.05, 0.1) is 0 Å². The van der Waals surface area contributed by atoms with Crippen LogP contribution in [0.5, 0.6) is 0 Å². The van der Waals surface area contributed by atoms with Gasteiger partial charge in [0.15, 0.2) is 0 Å². The Kier molecular flexibility index (Phi) is 3.58. The van der Waals surface area contributed by atoms with E-state index in [0.29, 0.717) is 19.6 Å². The molecule has 2 saturated heterocycles. The molecule has 0 aliphatic carbocycles. The first-order chi connectivity index (χ1) is 8.16. The minimum atomic E-state index is -0.549. The number of hydrogen-bond acceptors (Lipinski definition) is 4. The number of nitrogens with one attached hydrogen (secondary N) is 3. The summed E-state index contributed by atoms with van der Waals surface area (Å²) in [7, 11) is 0. The zero-order valence-electron chi connectivity index (χ0n) is 9.32. The van der Waals surface area contributed by atoms with Gasteiger partial charge in [-0.15, -0.1) is 0 Å². The molecule has 0 spiro atoms. The Morgan fingerprint density at radius 1 is 1.47 bits per heavy atom. The quantitative estimate of drug-likeness (QED) is 0.543. The van der Waals surface area contributed by atoms with Gasteiger partial charge in [0.25, 0.3) is 5.91 Å². The molecule has 3 N–H and O–H groups in total. The van der Waals surface area contributed by atoms with E-state index >= 15 is 0 Å². The molecule has 0 aromatic heterocycles. The summed E-state index contributed by atoms with van der Waals surface area (Å²) >= 11 is 0. The minimum absolute atomic E-state index is 0.146. The summed E-state index contributed by atoms with van der Waals surface area (Å²) in [6, 6.07) is -1.03. The van der Waals surface area contributed by atoms with Crippen molar-refractivity contribution >= 4 is 17.8 Å². The fourth-order valence-corrected chi connectivity index (χ4v) is 1.90. The van der Waals surface area contributed by atoms with Gasteiger partial charge < -0.3 is 15.4 Å². The first-order valence-corrected chi connectivity index (χ1v) is 5.67. The number of carbonyl (C=O) groups is 3. The van der Waals surface area contributed by atoms with Crippen LogP contribution in [0.25, 0.3) is 0 Å². The Labute approximate surface area is 98.3 Å². The lowest BCUT2D eigenvalue weighted by atomic mass is 10.2. The number of urea groups is 1. The van der Waals surface area contributed by atoms with Crippen molar-refractivity contribution in [2.75, 3.05) is 13.2 Å². The van der Waals surface area contributed by atoms with Gasteiger partial charge >= 0.3 is 6.03 Å². The van der Waals surface area contributed by atoms with Crippen LogP contribution in [-0.4, -0.2) is 43.1 Å². The highest BCUT2D eigenvalue weighted by molar-refractivity contribution is 6.04. The number of amides is 4. The van der Waals surface area contributed by atoms with Crippen LogP contribution >= 0.6 is 0 Å². The summed E-state index contributed by atoms with van der Waals surface area (Å²) < 4.78 is 5.21. The zero-order chi connectivity index (χ0) is 12.3. The van der Waals surface area contributed by atoms with Crippen molar-refractivity contribution in [2.24, 2.45) is 0 Å². The van der Waals surface area contributed by atoms with Gasteiger partial charge in [0.2, 0.25) is 5.91 Å². The highest BCUT2D eigenvalue weighted by Gasteiger charge is 2.29. The fourth-order valence-electron chi connectivity index (χ4n) is 1.90. The van der Waals surface area contributed by atoms with Crippen molar-refractivity contribution in [1.29, 1.82) is 0 Å². The molecule has 0 bridgehead atoms. The van der Waals surface area contributed by atoms with Crippen LogP contribution in [0.15, 0.2) is 0 Å². The van der Waals surface area contributed by atoms with Crippen LogP contribution in [0, 0.1) is 0 Å². The molecular weight excluding hydrogens is 226 g/mol. The third kappa shape index (κ3) is 2.94. The predicted octanol–water partition coefficient (Wildman–Crippen LogP) is -1.12. The second-order valence-corrected chi connectivity index (χ2v) is 4.10. The van der Waals surface area contributed by atoms with E-state index in [2.05, 4.69) is 16.0 Å². The average molecular weight is 241 g/mol. The predicted molar refractivity (Wildman–Crippen MR) is 57.1 cm³/mol. The maximum atomic E-state index is 11.5. The Morgan fingerprint density at radius 3 is 2.88 bits per heavy atom. The Bertz CT molecular complexity index is 338. The monoisotopic (exact) mass is 241 g/mol. The van der Waals surface area contributed by atoms with Crippen molar-refractivity contribution < 1.29 is 19.1 Å². The number of rotatable bonds is 4. The molecule has 94 valence electrons. The van der Waals surface area contributed by atoms with Gasteiger partial charge in [-0.2, -0.15) is 0 Å². The zero-order valence-corrected chi connectivity index (χ0v) is 9.32. The first kappa shape index (κ1) is 11.8. The van der Waals surface area contributed by atoms with Gasteiger partial charge in [0, 0.05) is 13.2 Å². The minimum Gasteiger partial charge on any atom is -0.368 e. The van der Waals surface area contributed by atoms with Crippen molar-refractivity contribution in [3.63, 3.8) is 0 Å². The van der Waals surface area contributed by atoms with Gasteiger partial charge in [0.1, 0.15) is 12.1 Å². The molecule has 17 heavy (non-hydrogen) atoms. The maximum absolute atomic E-state index is 11.5. The van der Waals surface area contributed by atoms with Gasteiger partial charge in [-0.1, -0.05) is 0 Å². The molecule has 2 atom stereocenters. The molecular formula is C10H15N3O4. The van der Waals surface area contributed by atoms with Gasteiger partial charge in [-0.05, 0) is 19.3 Å². The van der Waals surface area contributed by atoms with Crippen LogP contribution in [-0.2, 0) is 14.3 Å². The molecule has 2 aliphatic rings.